The van der Waals surface area contributed by atoms with Gasteiger partial charge in [-0.3, -0.25) is 4.79 Å². The molecule has 3 aromatic carbocycles. The largest absolute Gasteiger partial charge is 0.504 e. The Morgan fingerprint density at radius 3 is 2.31 bits per heavy atom. The van der Waals surface area contributed by atoms with Gasteiger partial charge in [0, 0.05) is 5.56 Å². The van der Waals surface area contributed by atoms with E-state index in [1.807, 2.05) is 0 Å². The molecule has 3 rings (SSSR count). The molecule has 0 saturated carbocycles. The molecular formula is C21H15FO6S. The third-order valence-electron chi connectivity index (χ3n) is 3.86. The number of rotatable bonds is 6. The second-order valence-corrected chi connectivity index (χ2v) is 7.51. The maximum absolute atomic E-state index is 13.2. The molecule has 3 aromatic rings. The van der Waals surface area contributed by atoms with Crippen LogP contribution < -0.4 is 4.18 Å². The van der Waals surface area contributed by atoms with Crippen molar-refractivity contribution in [2.24, 2.45) is 0 Å². The van der Waals surface area contributed by atoms with Crippen molar-refractivity contribution in [3.05, 3.63) is 89.8 Å². The molecule has 0 aromatic heterocycles. The Morgan fingerprint density at radius 1 is 0.931 bits per heavy atom. The number of halogens is 1. The van der Waals surface area contributed by atoms with E-state index in [1.165, 1.54) is 66.7 Å². The summed E-state index contributed by atoms with van der Waals surface area (Å²) in [6.07, 6.45) is 2.73. The second-order valence-electron chi connectivity index (χ2n) is 5.96. The molecule has 0 aliphatic heterocycles. The van der Waals surface area contributed by atoms with Crippen molar-refractivity contribution in [2.75, 3.05) is 0 Å². The number of carbonyl (C=O) groups is 1. The molecule has 0 amide bonds. The molecule has 0 spiro atoms. The van der Waals surface area contributed by atoms with Crippen LogP contribution in [0.2, 0.25) is 0 Å². The Labute approximate surface area is 166 Å². The van der Waals surface area contributed by atoms with E-state index >= 15 is 0 Å². The summed E-state index contributed by atoms with van der Waals surface area (Å²) < 4.78 is 42.5. The first-order valence-electron chi connectivity index (χ1n) is 8.29. The van der Waals surface area contributed by atoms with Crippen molar-refractivity contribution in [1.82, 2.24) is 0 Å². The third kappa shape index (κ3) is 4.99. The van der Waals surface area contributed by atoms with Gasteiger partial charge < -0.3 is 14.4 Å². The van der Waals surface area contributed by atoms with E-state index < -0.39 is 15.9 Å². The van der Waals surface area contributed by atoms with Crippen LogP contribution >= 0.6 is 0 Å². The van der Waals surface area contributed by atoms with Gasteiger partial charge in [-0.25, -0.2) is 4.39 Å². The summed E-state index contributed by atoms with van der Waals surface area (Å²) in [5.74, 6) is -1.67. The standard InChI is InChI=1S/C21H15FO6S/c22-16-2-1-3-18(13-16)29(26,27)28-17-8-6-15(7-9-17)19(23)10-4-14-5-11-20(24)21(25)12-14/h1-13,24-25H/b10-4+. The maximum atomic E-state index is 13.2. The number of phenolic OH excluding ortho intramolecular Hbond substituents is 2. The van der Waals surface area contributed by atoms with Crippen LogP contribution in [0, 0.1) is 5.82 Å². The summed E-state index contributed by atoms with van der Waals surface area (Å²) in [4.78, 5) is 11.9. The minimum absolute atomic E-state index is 0.0294. The molecule has 0 fully saturated rings. The molecule has 6 nitrogen and oxygen atoms in total. The predicted molar refractivity (Wildman–Crippen MR) is 104 cm³/mol. The van der Waals surface area contributed by atoms with Gasteiger partial charge in [-0.15, -0.1) is 0 Å². The zero-order valence-corrected chi connectivity index (χ0v) is 15.6. The van der Waals surface area contributed by atoms with Crippen LogP contribution in [-0.2, 0) is 10.1 Å². The lowest BCUT2D eigenvalue weighted by molar-refractivity contribution is 0.104. The SMILES string of the molecule is O=C(/C=C/c1ccc(O)c(O)c1)c1ccc(OS(=O)(=O)c2cccc(F)c2)cc1. The zero-order chi connectivity index (χ0) is 21.0. The van der Waals surface area contributed by atoms with E-state index in [0.717, 1.165) is 12.1 Å². The molecule has 0 aliphatic rings. The molecule has 8 heteroatoms. The number of ketones is 1. The van der Waals surface area contributed by atoms with E-state index in [2.05, 4.69) is 0 Å². The fraction of sp³-hybridized carbons (Fsp3) is 0. The lowest BCUT2D eigenvalue weighted by Crippen LogP contribution is -2.10. The maximum Gasteiger partial charge on any atom is 0.339 e. The number of benzene rings is 3. The van der Waals surface area contributed by atoms with Gasteiger partial charge >= 0.3 is 10.1 Å². The normalized spacial score (nSPS) is 11.5. The molecular weight excluding hydrogens is 399 g/mol. The third-order valence-corrected chi connectivity index (χ3v) is 5.10. The zero-order valence-electron chi connectivity index (χ0n) is 14.8. The Kier molecular flexibility index (Phi) is 5.65. The summed E-state index contributed by atoms with van der Waals surface area (Å²) >= 11 is 0. The van der Waals surface area contributed by atoms with Crippen LogP contribution in [0.3, 0.4) is 0 Å². The van der Waals surface area contributed by atoms with Gasteiger partial charge in [0.15, 0.2) is 17.3 Å². The monoisotopic (exact) mass is 414 g/mol. The van der Waals surface area contributed by atoms with Crippen molar-refractivity contribution in [1.29, 1.82) is 0 Å². The Hall–Kier alpha value is -3.65. The fourth-order valence-electron chi connectivity index (χ4n) is 2.38. The van der Waals surface area contributed by atoms with E-state index in [0.29, 0.717) is 5.56 Å². The molecule has 2 N–H and O–H groups in total. The van der Waals surface area contributed by atoms with Crippen LogP contribution in [0.1, 0.15) is 15.9 Å². The predicted octanol–water partition coefficient (Wildman–Crippen LogP) is 3.90. The van der Waals surface area contributed by atoms with Crippen molar-refractivity contribution >= 4 is 22.0 Å². The molecule has 29 heavy (non-hydrogen) atoms. The van der Waals surface area contributed by atoms with E-state index in [-0.39, 0.29) is 33.5 Å². The van der Waals surface area contributed by atoms with Gasteiger partial charge in [-0.2, -0.15) is 8.42 Å². The summed E-state index contributed by atoms with van der Waals surface area (Å²) in [5.41, 5.74) is 0.787. The number of aromatic hydroxyl groups is 2. The topological polar surface area (TPSA) is 101 Å². The molecule has 0 radical (unpaired) electrons. The molecule has 0 heterocycles. The first kappa shape index (κ1) is 20.1. The van der Waals surface area contributed by atoms with E-state index in [1.54, 1.807) is 0 Å². The quantitative estimate of drug-likeness (QED) is 0.275. The lowest BCUT2D eigenvalue weighted by atomic mass is 10.1. The lowest BCUT2D eigenvalue weighted by Gasteiger charge is -2.07. The van der Waals surface area contributed by atoms with Gasteiger partial charge in [0.25, 0.3) is 0 Å². The van der Waals surface area contributed by atoms with Crippen LogP contribution in [0.25, 0.3) is 6.08 Å². The molecule has 0 saturated heterocycles. The average Bonchev–Trinajstić information content (AvgIpc) is 2.69. The first-order valence-corrected chi connectivity index (χ1v) is 9.70. The average molecular weight is 414 g/mol. The highest BCUT2D eigenvalue weighted by Gasteiger charge is 2.17. The molecule has 0 aliphatic carbocycles. The van der Waals surface area contributed by atoms with Gasteiger partial charge in [-0.1, -0.05) is 18.2 Å². The van der Waals surface area contributed by atoms with Crippen molar-refractivity contribution < 1.29 is 32.0 Å². The molecule has 0 atom stereocenters. The fourth-order valence-corrected chi connectivity index (χ4v) is 3.35. The summed E-state index contributed by atoms with van der Waals surface area (Å²) in [5, 5.41) is 18.7. The second kappa shape index (κ2) is 8.15. The smallest absolute Gasteiger partial charge is 0.339 e. The molecule has 0 bridgehead atoms. The van der Waals surface area contributed by atoms with E-state index in [9.17, 15) is 27.8 Å². The van der Waals surface area contributed by atoms with Crippen LogP contribution in [0.5, 0.6) is 17.2 Å². The minimum atomic E-state index is -4.21. The highest BCUT2D eigenvalue weighted by Crippen LogP contribution is 2.25. The van der Waals surface area contributed by atoms with Crippen molar-refractivity contribution in [2.45, 2.75) is 4.90 Å². The molecule has 148 valence electrons. The van der Waals surface area contributed by atoms with Gasteiger partial charge in [0.05, 0.1) is 0 Å². The Balaban J connectivity index is 1.71. The van der Waals surface area contributed by atoms with Gasteiger partial charge in [0.2, 0.25) is 0 Å². The summed E-state index contributed by atoms with van der Waals surface area (Å²) in [7, 11) is -4.21. The summed E-state index contributed by atoms with van der Waals surface area (Å²) in [6.45, 7) is 0. The van der Waals surface area contributed by atoms with Crippen molar-refractivity contribution in [3.8, 4) is 17.2 Å². The number of carbonyl (C=O) groups excluding carboxylic acids is 1. The number of allylic oxidation sites excluding steroid dienone is 1. The highest BCUT2D eigenvalue weighted by atomic mass is 32.2. The van der Waals surface area contributed by atoms with Crippen LogP contribution in [-0.4, -0.2) is 24.4 Å². The Bertz CT molecular complexity index is 1180. The Morgan fingerprint density at radius 2 is 1.66 bits per heavy atom. The minimum Gasteiger partial charge on any atom is -0.504 e. The van der Waals surface area contributed by atoms with Crippen molar-refractivity contribution in [3.63, 3.8) is 0 Å². The van der Waals surface area contributed by atoms with Gasteiger partial charge in [-0.05, 0) is 66.2 Å². The van der Waals surface area contributed by atoms with Crippen LogP contribution in [0.15, 0.2) is 77.7 Å². The number of hydrogen-bond acceptors (Lipinski definition) is 6. The van der Waals surface area contributed by atoms with Crippen LogP contribution in [0.4, 0.5) is 4.39 Å². The van der Waals surface area contributed by atoms with E-state index in [4.69, 9.17) is 4.18 Å². The highest BCUT2D eigenvalue weighted by molar-refractivity contribution is 7.87. The number of hydrogen-bond donors (Lipinski definition) is 2. The van der Waals surface area contributed by atoms with Gasteiger partial charge in [0.1, 0.15) is 16.5 Å². The molecule has 0 unspecified atom stereocenters. The number of phenols is 2. The first-order chi connectivity index (χ1) is 13.7. The summed E-state index contributed by atoms with van der Waals surface area (Å²) in [6, 6.07) is 13.9.